The number of benzene rings is 2. The third-order valence-electron chi connectivity index (χ3n) is 5.74. The number of fused-ring (bicyclic) bond motifs is 1. The number of nitrogens with zero attached hydrogens (tertiary/aromatic N) is 3. The molecule has 29 heavy (non-hydrogen) atoms. The topological polar surface area (TPSA) is 47.8 Å². The number of rotatable bonds is 3. The van der Waals surface area contributed by atoms with Gasteiger partial charge < -0.3 is 0 Å². The van der Waals surface area contributed by atoms with Crippen molar-refractivity contribution in [2.24, 2.45) is 0 Å². The average molecular weight is 402 g/mol. The smallest absolute Gasteiger partial charge is 0.266 e. The predicted molar refractivity (Wildman–Crippen MR) is 117 cm³/mol. The maximum Gasteiger partial charge on any atom is 0.266 e. The molecule has 0 N–H and O–H groups in total. The summed E-state index contributed by atoms with van der Waals surface area (Å²) in [6.07, 6.45) is 6.75. The van der Waals surface area contributed by atoms with Crippen molar-refractivity contribution in [3.63, 3.8) is 0 Å². The third kappa shape index (κ3) is 3.34. The summed E-state index contributed by atoms with van der Waals surface area (Å²) < 4.78 is 1.67. The Hall–Kier alpha value is -2.98. The lowest BCUT2D eigenvalue weighted by Gasteiger charge is -2.15. The number of halogens is 1. The Morgan fingerprint density at radius 1 is 0.931 bits per heavy atom. The highest BCUT2D eigenvalue weighted by atomic mass is 35.5. The highest BCUT2D eigenvalue weighted by Crippen LogP contribution is 2.34. The number of para-hydroxylation sites is 1. The van der Waals surface area contributed by atoms with Crippen LogP contribution >= 0.6 is 11.6 Å². The highest BCUT2D eigenvalue weighted by Gasteiger charge is 2.18. The standard InChI is InChI=1S/C24H20ClN3O/c25-22-14-11-18(15-26-22)23-27-21-8-4-3-7-20(21)24(29)28(23)19-12-9-17(10-13-19)16-5-1-2-6-16/h3-4,7-16H,1-2,5-6H2. The zero-order chi connectivity index (χ0) is 19.8. The second-order valence-corrected chi connectivity index (χ2v) is 7.92. The van der Waals surface area contributed by atoms with E-state index in [1.165, 1.54) is 31.2 Å². The monoisotopic (exact) mass is 401 g/mol. The van der Waals surface area contributed by atoms with E-state index < -0.39 is 0 Å². The van der Waals surface area contributed by atoms with Crippen LogP contribution in [0.5, 0.6) is 0 Å². The molecule has 0 unspecified atom stereocenters. The lowest BCUT2D eigenvalue weighted by Crippen LogP contribution is -2.22. The molecule has 1 aliphatic rings. The summed E-state index contributed by atoms with van der Waals surface area (Å²) in [6.45, 7) is 0. The zero-order valence-electron chi connectivity index (χ0n) is 15.9. The SMILES string of the molecule is O=c1c2ccccc2nc(-c2ccc(Cl)nc2)n1-c1ccc(C2CCCC2)cc1. The molecular formula is C24H20ClN3O. The van der Waals surface area contributed by atoms with Crippen LogP contribution in [0.3, 0.4) is 0 Å². The van der Waals surface area contributed by atoms with Crippen molar-refractivity contribution in [1.29, 1.82) is 0 Å². The Morgan fingerprint density at radius 2 is 1.69 bits per heavy atom. The van der Waals surface area contributed by atoms with Crippen LogP contribution in [0.2, 0.25) is 5.15 Å². The first kappa shape index (κ1) is 18.1. The maximum absolute atomic E-state index is 13.4. The summed E-state index contributed by atoms with van der Waals surface area (Å²) in [7, 11) is 0. The molecule has 2 aromatic carbocycles. The molecule has 0 amide bonds. The molecule has 1 aliphatic carbocycles. The second-order valence-electron chi connectivity index (χ2n) is 7.54. The van der Waals surface area contributed by atoms with E-state index in [1.807, 2.05) is 42.5 Å². The van der Waals surface area contributed by atoms with Gasteiger partial charge in [0.25, 0.3) is 5.56 Å². The van der Waals surface area contributed by atoms with E-state index in [9.17, 15) is 4.79 Å². The van der Waals surface area contributed by atoms with Gasteiger partial charge in [-0.25, -0.2) is 9.97 Å². The minimum Gasteiger partial charge on any atom is -0.268 e. The summed E-state index contributed by atoms with van der Waals surface area (Å²) in [5.74, 6) is 1.20. The van der Waals surface area contributed by atoms with E-state index in [1.54, 1.807) is 16.8 Å². The minimum atomic E-state index is -0.0887. The Morgan fingerprint density at radius 3 is 2.41 bits per heavy atom. The van der Waals surface area contributed by atoms with Crippen LogP contribution in [0.4, 0.5) is 0 Å². The molecule has 2 heterocycles. The fourth-order valence-corrected chi connectivity index (χ4v) is 4.34. The quantitative estimate of drug-likeness (QED) is 0.410. The van der Waals surface area contributed by atoms with Crippen LogP contribution in [0.1, 0.15) is 37.2 Å². The first-order valence-corrected chi connectivity index (χ1v) is 10.3. The first-order chi connectivity index (χ1) is 14.2. The molecule has 4 nitrogen and oxygen atoms in total. The molecule has 2 aromatic heterocycles. The summed E-state index contributed by atoms with van der Waals surface area (Å²) in [4.78, 5) is 22.4. The van der Waals surface area contributed by atoms with Crippen LogP contribution in [-0.2, 0) is 0 Å². The molecule has 4 aromatic rings. The molecule has 144 valence electrons. The zero-order valence-corrected chi connectivity index (χ0v) is 16.6. The van der Waals surface area contributed by atoms with Gasteiger partial charge in [0.2, 0.25) is 0 Å². The largest absolute Gasteiger partial charge is 0.268 e. The Bertz CT molecular complexity index is 1220. The summed E-state index contributed by atoms with van der Waals surface area (Å²) in [5.41, 5.74) is 3.48. The Balaban J connectivity index is 1.70. The molecule has 5 rings (SSSR count). The number of aromatic nitrogens is 3. The minimum absolute atomic E-state index is 0.0887. The van der Waals surface area contributed by atoms with E-state index in [4.69, 9.17) is 16.6 Å². The van der Waals surface area contributed by atoms with Crippen molar-refractivity contribution < 1.29 is 0 Å². The van der Waals surface area contributed by atoms with Gasteiger partial charge in [-0.05, 0) is 60.7 Å². The molecule has 1 fully saturated rings. The number of hydrogen-bond acceptors (Lipinski definition) is 3. The van der Waals surface area contributed by atoms with Gasteiger partial charge in [-0.15, -0.1) is 0 Å². The van der Waals surface area contributed by atoms with Crippen molar-refractivity contribution in [1.82, 2.24) is 14.5 Å². The summed E-state index contributed by atoms with van der Waals surface area (Å²) >= 11 is 5.96. The lowest BCUT2D eigenvalue weighted by atomic mass is 9.97. The maximum atomic E-state index is 13.4. The molecule has 0 atom stereocenters. The van der Waals surface area contributed by atoms with E-state index in [0.717, 1.165) is 11.3 Å². The highest BCUT2D eigenvalue weighted by molar-refractivity contribution is 6.29. The fourth-order valence-electron chi connectivity index (χ4n) is 4.23. The second kappa shape index (κ2) is 7.45. The van der Waals surface area contributed by atoms with Crippen LogP contribution in [0.15, 0.2) is 71.7 Å². The Labute approximate surface area is 173 Å². The molecule has 5 heteroatoms. The van der Waals surface area contributed by atoms with Gasteiger partial charge in [-0.1, -0.05) is 48.7 Å². The summed E-state index contributed by atoms with van der Waals surface area (Å²) in [6, 6.07) is 19.3. The average Bonchev–Trinajstić information content (AvgIpc) is 3.29. The van der Waals surface area contributed by atoms with Gasteiger partial charge >= 0.3 is 0 Å². The molecule has 0 spiro atoms. The molecule has 0 saturated heterocycles. The van der Waals surface area contributed by atoms with Crippen LogP contribution in [0.25, 0.3) is 28.0 Å². The van der Waals surface area contributed by atoms with Crippen molar-refractivity contribution in [2.45, 2.75) is 31.6 Å². The van der Waals surface area contributed by atoms with E-state index >= 15 is 0 Å². The van der Waals surface area contributed by atoms with Gasteiger partial charge in [0, 0.05) is 11.8 Å². The molecule has 0 radical (unpaired) electrons. The number of pyridine rings is 1. The van der Waals surface area contributed by atoms with E-state index in [2.05, 4.69) is 17.1 Å². The van der Waals surface area contributed by atoms with E-state index in [-0.39, 0.29) is 5.56 Å². The molecule has 1 saturated carbocycles. The van der Waals surface area contributed by atoms with E-state index in [0.29, 0.717) is 27.8 Å². The van der Waals surface area contributed by atoms with Crippen molar-refractivity contribution in [2.75, 3.05) is 0 Å². The van der Waals surface area contributed by atoms with Crippen molar-refractivity contribution in [3.05, 3.63) is 87.9 Å². The summed E-state index contributed by atoms with van der Waals surface area (Å²) in [5, 5.41) is 1.00. The molecule has 0 bridgehead atoms. The van der Waals surface area contributed by atoms with Gasteiger partial charge in [0.1, 0.15) is 11.0 Å². The first-order valence-electron chi connectivity index (χ1n) is 9.95. The van der Waals surface area contributed by atoms with Crippen molar-refractivity contribution >= 4 is 22.5 Å². The van der Waals surface area contributed by atoms with Crippen LogP contribution in [0, 0.1) is 0 Å². The van der Waals surface area contributed by atoms with Crippen LogP contribution in [-0.4, -0.2) is 14.5 Å². The van der Waals surface area contributed by atoms with Crippen LogP contribution < -0.4 is 5.56 Å². The lowest BCUT2D eigenvalue weighted by molar-refractivity contribution is 0.723. The molecule has 0 aliphatic heterocycles. The third-order valence-corrected chi connectivity index (χ3v) is 5.96. The predicted octanol–water partition coefficient (Wildman–Crippen LogP) is 5.76. The van der Waals surface area contributed by atoms with Gasteiger partial charge in [-0.3, -0.25) is 9.36 Å². The van der Waals surface area contributed by atoms with Gasteiger partial charge in [0.05, 0.1) is 16.6 Å². The number of hydrogen-bond donors (Lipinski definition) is 0. The van der Waals surface area contributed by atoms with Crippen molar-refractivity contribution in [3.8, 4) is 17.1 Å². The molecular weight excluding hydrogens is 382 g/mol. The fraction of sp³-hybridized carbons (Fsp3) is 0.208. The Kier molecular flexibility index (Phi) is 4.64. The van der Waals surface area contributed by atoms with Gasteiger partial charge in [-0.2, -0.15) is 0 Å². The normalized spacial score (nSPS) is 14.5. The van der Waals surface area contributed by atoms with Gasteiger partial charge in [0.15, 0.2) is 0 Å².